The van der Waals surface area contributed by atoms with Crippen LogP contribution in [0.4, 0.5) is 0 Å². The molecule has 2 aliphatic rings. The molecule has 0 amide bonds. The van der Waals surface area contributed by atoms with Crippen molar-refractivity contribution in [3.8, 4) is 10.8 Å². The number of Topliss-reactive ketones (excluding diaryl/α,β-unsaturated/α-hetero) is 1. The second kappa shape index (κ2) is 12.9. The van der Waals surface area contributed by atoms with Crippen molar-refractivity contribution in [1.82, 2.24) is 24.1 Å². The summed E-state index contributed by atoms with van der Waals surface area (Å²) in [5.41, 5.74) is -1.01. The van der Waals surface area contributed by atoms with Gasteiger partial charge in [-0.3, -0.25) is 14.2 Å². The number of halogens is 1. The predicted molar refractivity (Wildman–Crippen MR) is 175 cm³/mol. The quantitative estimate of drug-likeness (QED) is 0.207. The highest BCUT2D eigenvalue weighted by atomic mass is 79.9. The van der Waals surface area contributed by atoms with Gasteiger partial charge in [0.25, 0.3) is 5.56 Å². The van der Waals surface area contributed by atoms with E-state index in [0.717, 1.165) is 33.9 Å². The van der Waals surface area contributed by atoms with Crippen LogP contribution in [0.1, 0.15) is 69.6 Å². The van der Waals surface area contributed by atoms with Crippen molar-refractivity contribution < 1.29 is 19.0 Å². The number of carbonyl (C=O) groups excluding carboxylic acids is 1. The zero-order valence-electron chi connectivity index (χ0n) is 26.0. The molecule has 4 heterocycles. The van der Waals surface area contributed by atoms with Crippen LogP contribution in [0.2, 0.25) is 0 Å². The number of thiophene rings is 1. The van der Waals surface area contributed by atoms with Gasteiger partial charge in [0.2, 0.25) is 0 Å². The second-order valence-corrected chi connectivity index (χ2v) is 14.3. The molecule has 1 saturated heterocycles. The van der Waals surface area contributed by atoms with E-state index in [9.17, 15) is 14.4 Å². The maximum atomic E-state index is 14.6. The Balaban J connectivity index is 1.55. The van der Waals surface area contributed by atoms with Crippen LogP contribution in [-0.4, -0.2) is 56.3 Å². The molecule has 0 bridgehead atoms. The summed E-state index contributed by atoms with van der Waals surface area (Å²) in [4.78, 5) is 44.6. The fraction of sp³-hybridized carbons (Fsp3) is 0.531. The Bertz CT molecular complexity index is 1820. The molecule has 2 fully saturated rings. The first-order valence-electron chi connectivity index (χ1n) is 15.4. The third-order valence-corrected chi connectivity index (χ3v) is 10.9. The Kier molecular flexibility index (Phi) is 9.15. The number of carbonyl (C=O) groups is 1. The Morgan fingerprint density at radius 2 is 1.87 bits per heavy atom. The average Bonchev–Trinajstić information content (AvgIpc) is 3.65. The highest BCUT2D eigenvalue weighted by Gasteiger charge is 2.38. The topological polar surface area (TPSA) is 119 Å². The summed E-state index contributed by atoms with van der Waals surface area (Å²) in [6, 6.07) is 5.69. The van der Waals surface area contributed by atoms with E-state index < -0.39 is 22.9 Å². The Hall–Kier alpha value is -3.13. The number of methoxy groups -OCH3 is 1. The molecule has 0 N–H and O–H groups in total. The standard InChI is InChI=1S/C32H38BrN5O6S/c1-19-27-28(40)37(32(2,3)26(39)16-20-6-5-7-20)31(41)36(30(27)45-29(19)38-34-12-13-35-38)18-25(44-22-10-14-43-15-11-22)23-17-21(33)8-9-24(23)42-4/h8-9,12-13,17,20,22,25H,5-7,10-11,14-16,18H2,1-4H3/t25-/m0/s1. The van der Waals surface area contributed by atoms with Crippen LogP contribution in [0.15, 0.2) is 44.7 Å². The molecule has 6 rings (SSSR count). The molecule has 1 aliphatic heterocycles. The van der Waals surface area contributed by atoms with E-state index in [1.807, 2.05) is 25.1 Å². The molecule has 1 atom stereocenters. The first-order valence-corrected chi connectivity index (χ1v) is 17.0. The lowest BCUT2D eigenvalue weighted by Gasteiger charge is -2.32. The van der Waals surface area contributed by atoms with Gasteiger partial charge in [-0.1, -0.05) is 46.5 Å². The minimum Gasteiger partial charge on any atom is -0.496 e. The number of nitrogens with zero attached hydrogens (tertiary/aromatic N) is 5. The maximum Gasteiger partial charge on any atom is 0.333 e. The first-order chi connectivity index (χ1) is 21.6. The molecule has 11 nitrogen and oxygen atoms in total. The van der Waals surface area contributed by atoms with E-state index in [0.29, 0.717) is 64.9 Å². The van der Waals surface area contributed by atoms with Crippen LogP contribution in [0, 0.1) is 12.8 Å². The Morgan fingerprint density at radius 3 is 2.51 bits per heavy atom. The number of ether oxygens (including phenoxy) is 3. The fourth-order valence-electron chi connectivity index (χ4n) is 6.22. The number of ketones is 1. The van der Waals surface area contributed by atoms with Gasteiger partial charge < -0.3 is 14.2 Å². The van der Waals surface area contributed by atoms with E-state index in [1.54, 1.807) is 37.9 Å². The van der Waals surface area contributed by atoms with Crippen molar-refractivity contribution in [2.75, 3.05) is 20.3 Å². The lowest BCUT2D eigenvalue weighted by Crippen LogP contribution is -2.53. The Morgan fingerprint density at radius 1 is 1.16 bits per heavy atom. The number of aromatic nitrogens is 5. The third kappa shape index (κ3) is 6.07. The largest absolute Gasteiger partial charge is 0.496 e. The number of fused-ring (bicyclic) bond motifs is 1. The summed E-state index contributed by atoms with van der Waals surface area (Å²) >= 11 is 4.86. The smallest absolute Gasteiger partial charge is 0.333 e. The van der Waals surface area contributed by atoms with Crippen molar-refractivity contribution in [1.29, 1.82) is 0 Å². The molecule has 4 aromatic rings. The lowest BCUT2D eigenvalue weighted by molar-refractivity contribution is -0.128. The van der Waals surface area contributed by atoms with Gasteiger partial charge in [-0.25, -0.2) is 9.36 Å². The summed E-state index contributed by atoms with van der Waals surface area (Å²) in [5, 5.41) is 9.58. The molecule has 1 aliphatic carbocycles. The molecule has 3 aromatic heterocycles. The lowest BCUT2D eigenvalue weighted by atomic mass is 9.79. The van der Waals surface area contributed by atoms with Crippen LogP contribution in [0.25, 0.3) is 15.2 Å². The summed E-state index contributed by atoms with van der Waals surface area (Å²) < 4.78 is 21.7. The van der Waals surface area contributed by atoms with Gasteiger partial charge in [-0.2, -0.15) is 10.2 Å². The van der Waals surface area contributed by atoms with Gasteiger partial charge >= 0.3 is 5.69 Å². The molecular formula is C32H38BrN5O6S. The van der Waals surface area contributed by atoms with Gasteiger partial charge in [-0.15, -0.1) is 4.80 Å². The van der Waals surface area contributed by atoms with Crippen LogP contribution in [0.5, 0.6) is 5.75 Å². The van der Waals surface area contributed by atoms with Crippen LogP contribution >= 0.6 is 27.3 Å². The number of hydrogen-bond acceptors (Lipinski definition) is 9. The Labute approximate surface area is 273 Å². The van der Waals surface area contributed by atoms with Crippen LogP contribution in [-0.2, 0) is 26.4 Å². The molecule has 1 aromatic carbocycles. The van der Waals surface area contributed by atoms with Gasteiger partial charge in [0.05, 0.1) is 37.5 Å². The highest BCUT2D eigenvalue weighted by Crippen LogP contribution is 2.37. The SMILES string of the molecule is COc1ccc(Br)cc1[C@H](Cn1c(=O)n(C(C)(C)C(=O)CC2CCC2)c(=O)c2c(C)c(-n3nccn3)sc21)OC1CCOCC1. The summed E-state index contributed by atoms with van der Waals surface area (Å²) in [6.07, 6.45) is 7.26. The van der Waals surface area contributed by atoms with E-state index in [2.05, 4.69) is 26.1 Å². The van der Waals surface area contributed by atoms with Gasteiger partial charge in [-0.05, 0) is 57.7 Å². The van der Waals surface area contributed by atoms with E-state index in [-0.39, 0.29) is 18.4 Å². The average molecular weight is 701 g/mol. The van der Waals surface area contributed by atoms with Crippen molar-refractivity contribution in [2.24, 2.45) is 5.92 Å². The highest BCUT2D eigenvalue weighted by molar-refractivity contribution is 9.10. The number of rotatable bonds is 11. The zero-order valence-corrected chi connectivity index (χ0v) is 28.4. The predicted octanol–water partition coefficient (Wildman–Crippen LogP) is 5.32. The molecule has 0 unspecified atom stereocenters. The first kappa shape index (κ1) is 31.8. The summed E-state index contributed by atoms with van der Waals surface area (Å²) in [6.45, 7) is 6.44. The molecule has 1 saturated carbocycles. The normalized spacial score (nSPS) is 17.0. The maximum absolute atomic E-state index is 14.6. The fourth-order valence-corrected chi connectivity index (χ4v) is 7.81. The molecule has 0 radical (unpaired) electrons. The van der Waals surface area contributed by atoms with Gasteiger partial charge in [0, 0.05) is 35.2 Å². The van der Waals surface area contributed by atoms with Crippen LogP contribution in [0.3, 0.4) is 0 Å². The van der Waals surface area contributed by atoms with Crippen molar-refractivity contribution in [3.63, 3.8) is 0 Å². The van der Waals surface area contributed by atoms with Gasteiger partial charge in [0.1, 0.15) is 27.2 Å². The van der Waals surface area contributed by atoms with E-state index >= 15 is 0 Å². The van der Waals surface area contributed by atoms with Gasteiger partial charge in [0.15, 0.2) is 5.78 Å². The summed E-state index contributed by atoms with van der Waals surface area (Å²) in [7, 11) is 1.60. The van der Waals surface area contributed by atoms with E-state index in [1.165, 1.54) is 16.1 Å². The molecule has 13 heteroatoms. The monoisotopic (exact) mass is 699 g/mol. The second-order valence-electron chi connectivity index (χ2n) is 12.4. The van der Waals surface area contributed by atoms with Crippen LogP contribution < -0.4 is 16.0 Å². The van der Waals surface area contributed by atoms with Crippen molar-refractivity contribution in [3.05, 3.63) is 67.0 Å². The van der Waals surface area contributed by atoms with Crippen molar-refractivity contribution in [2.45, 2.75) is 83.6 Å². The summed E-state index contributed by atoms with van der Waals surface area (Å²) in [5.74, 6) is 0.788. The number of benzene rings is 1. The molecular weight excluding hydrogens is 662 g/mol. The number of hydrogen-bond donors (Lipinski definition) is 0. The third-order valence-electron chi connectivity index (χ3n) is 9.14. The zero-order chi connectivity index (χ0) is 31.9. The van der Waals surface area contributed by atoms with Crippen molar-refractivity contribution >= 4 is 43.3 Å². The molecule has 240 valence electrons. The minimum atomic E-state index is -1.36. The molecule has 45 heavy (non-hydrogen) atoms. The molecule has 0 spiro atoms. The minimum absolute atomic E-state index is 0.0820. The van der Waals surface area contributed by atoms with E-state index in [4.69, 9.17) is 14.2 Å². The number of aryl methyl sites for hydroxylation is 1.